The van der Waals surface area contributed by atoms with E-state index in [9.17, 15) is 10.1 Å². The third kappa shape index (κ3) is 3.89. The molecule has 3 aromatic rings. The van der Waals surface area contributed by atoms with Gasteiger partial charge in [-0.05, 0) is 30.3 Å². The van der Waals surface area contributed by atoms with Crippen molar-refractivity contribution in [3.8, 4) is 11.3 Å². The molecule has 2 aromatic carbocycles. The number of non-ortho nitro benzene ring substituents is 1. The molecule has 0 spiro atoms. The number of anilines is 3. The Morgan fingerprint density at radius 3 is 2.52 bits per heavy atom. The number of hydrogen-bond acceptors (Lipinski definition) is 6. The van der Waals surface area contributed by atoms with Crippen molar-refractivity contribution >= 4 is 23.0 Å². The second-order valence-electron chi connectivity index (χ2n) is 5.64. The van der Waals surface area contributed by atoms with Crippen molar-refractivity contribution in [1.29, 1.82) is 0 Å². The highest BCUT2D eigenvalue weighted by Crippen LogP contribution is 2.24. The molecule has 0 unspecified atom stereocenters. The summed E-state index contributed by atoms with van der Waals surface area (Å²) in [5.41, 5.74) is 3.28. The summed E-state index contributed by atoms with van der Waals surface area (Å²) in [7, 11) is 3.96. The van der Waals surface area contributed by atoms with Crippen LogP contribution in [0.2, 0.25) is 0 Å². The summed E-state index contributed by atoms with van der Waals surface area (Å²) in [5.74, 6) is 0.432. The van der Waals surface area contributed by atoms with E-state index in [0.717, 1.165) is 11.4 Å². The normalized spacial score (nSPS) is 10.3. The van der Waals surface area contributed by atoms with Crippen LogP contribution >= 0.6 is 0 Å². The molecule has 0 radical (unpaired) electrons. The van der Waals surface area contributed by atoms with Gasteiger partial charge in [0.25, 0.3) is 5.69 Å². The average molecular weight is 335 g/mol. The van der Waals surface area contributed by atoms with Crippen LogP contribution in [0.25, 0.3) is 11.3 Å². The summed E-state index contributed by atoms with van der Waals surface area (Å²) in [6.07, 6.45) is 1.62. The molecule has 126 valence electrons. The number of hydrogen-bond donors (Lipinski definition) is 1. The van der Waals surface area contributed by atoms with E-state index in [1.54, 1.807) is 24.4 Å². The van der Waals surface area contributed by atoms with E-state index >= 15 is 0 Å². The summed E-state index contributed by atoms with van der Waals surface area (Å²) in [4.78, 5) is 21.2. The van der Waals surface area contributed by atoms with Gasteiger partial charge in [-0.15, -0.1) is 0 Å². The predicted molar refractivity (Wildman–Crippen MR) is 98.2 cm³/mol. The largest absolute Gasteiger partial charge is 0.378 e. The van der Waals surface area contributed by atoms with Gasteiger partial charge in [-0.1, -0.05) is 12.1 Å². The van der Waals surface area contributed by atoms with Crippen molar-refractivity contribution in [3.63, 3.8) is 0 Å². The Bertz CT molecular complexity index is 894. The first-order chi connectivity index (χ1) is 12.0. The minimum Gasteiger partial charge on any atom is -0.378 e. The van der Waals surface area contributed by atoms with Crippen molar-refractivity contribution in [1.82, 2.24) is 9.97 Å². The van der Waals surface area contributed by atoms with Gasteiger partial charge in [-0.2, -0.15) is 0 Å². The number of rotatable bonds is 5. The maximum absolute atomic E-state index is 10.9. The number of nitrogens with zero attached hydrogens (tertiary/aromatic N) is 4. The van der Waals surface area contributed by atoms with Gasteiger partial charge in [-0.3, -0.25) is 10.1 Å². The van der Waals surface area contributed by atoms with Gasteiger partial charge < -0.3 is 10.2 Å². The fourth-order valence-corrected chi connectivity index (χ4v) is 2.33. The quantitative estimate of drug-likeness (QED) is 0.563. The van der Waals surface area contributed by atoms with Crippen molar-refractivity contribution in [2.75, 3.05) is 24.3 Å². The molecule has 1 aromatic heterocycles. The molecule has 0 fully saturated rings. The van der Waals surface area contributed by atoms with Gasteiger partial charge >= 0.3 is 0 Å². The van der Waals surface area contributed by atoms with Gasteiger partial charge in [0.1, 0.15) is 0 Å². The van der Waals surface area contributed by atoms with Gasteiger partial charge in [0, 0.05) is 49.4 Å². The highest BCUT2D eigenvalue weighted by Gasteiger charge is 2.09. The van der Waals surface area contributed by atoms with Crippen LogP contribution in [0.4, 0.5) is 23.0 Å². The Balaban J connectivity index is 1.84. The van der Waals surface area contributed by atoms with Crippen LogP contribution in [0.1, 0.15) is 0 Å². The monoisotopic (exact) mass is 335 g/mol. The molecule has 0 saturated heterocycles. The molecule has 0 atom stereocenters. The van der Waals surface area contributed by atoms with Crippen LogP contribution in [0.5, 0.6) is 0 Å². The number of benzene rings is 2. The Labute approximate surface area is 145 Å². The van der Waals surface area contributed by atoms with Crippen molar-refractivity contribution in [3.05, 3.63) is 70.9 Å². The standard InChI is InChI=1S/C18H17N5O2/c1-22(2)15-8-6-14(7-9-15)20-18-19-11-10-17(21-18)13-4-3-5-16(12-13)23(24)25/h3-12H,1-2H3,(H,19,20,21). The first-order valence-electron chi connectivity index (χ1n) is 7.65. The molecule has 3 rings (SSSR count). The molecule has 0 saturated carbocycles. The van der Waals surface area contributed by atoms with Crippen molar-refractivity contribution in [2.45, 2.75) is 0 Å². The fourth-order valence-electron chi connectivity index (χ4n) is 2.33. The third-order valence-corrected chi connectivity index (χ3v) is 3.65. The lowest BCUT2D eigenvalue weighted by Crippen LogP contribution is -2.08. The number of nitrogens with one attached hydrogen (secondary N) is 1. The smallest absolute Gasteiger partial charge is 0.270 e. The maximum Gasteiger partial charge on any atom is 0.270 e. The van der Waals surface area contributed by atoms with Crippen LogP contribution in [-0.4, -0.2) is 29.0 Å². The summed E-state index contributed by atoms with van der Waals surface area (Å²) >= 11 is 0. The maximum atomic E-state index is 10.9. The Kier molecular flexibility index (Phi) is 4.56. The Morgan fingerprint density at radius 2 is 1.84 bits per heavy atom. The van der Waals surface area contributed by atoms with Crippen LogP contribution < -0.4 is 10.2 Å². The van der Waals surface area contributed by atoms with Crippen LogP contribution in [0.15, 0.2) is 60.8 Å². The molecular weight excluding hydrogens is 318 g/mol. The number of aromatic nitrogens is 2. The molecule has 0 aliphatic heterocycles. The summed E-state index contributed by atoms with van der Waals surface area (Å²) in [6.45, 7) is 0. The number of nitro benzene ring substituents is 1. The molecule has 0 aliphatic rings. The molecule has 0 bridgehead atoms. The van der Waals surface area contributed by atoms with Gasteiger partial charge in [-0.25, -0.2) is 9.97 Å². The minimum absolute atomic E-state index is 0.0323. The van der Waals surface area contributed by atoms with Crippen LogP contribution in [-0.2, 0) is 0 Å². The van der Waals surface area contributed by atoms with Gasteiger partial charge in [0.05, 0.1) is 10.6 Å². The number of nitro groups is 1. The van der Waals surface area contributed by atoms with E-state index in [-0.39, 0.29) is 5.69 Å². The zero-order chi connectivity index (χ0) is 17.8. The second kappa shape index (κ2) is 6.96. The first-order valence-corrected chi connectivity index (χ1v) is 7.65. The lowest BCUT2D eigenvalue weighted by Gasteiger charge is -2.13. The van der Waals surface area contributed by atoms with Crippen molar-refractivity contribution < 1.29 is 4.92 Å². The van der Waals surface area contributed by atoms with Crippen molar-refractivity contribution in [2.24, 2.45) is 0 Å². The minimum atomic E-state index is -0.420. The molecule has 1 heterocycles. The first kappa shape index (κ1) is 16.4. The molecule has 0 amide bonds. The van der Waals surface area contributed by atoms with Crippen LogP contribution in [0.3, 0.4) is 0 Å². The highest BCUT2D eigenvalue weighted by molar-refractivity contribution is 5.65. The van der Waals surface area contributed by atoms with E-state index in [4.69, 9.17) is 0 Å². The molecule has 1 N–H and O–H groups in total. The fraction of sp³-hybridized carbons (Fsp3) is 0.111. The Hall–Kier alpha value is -3.48. The third-order valence-electron chi connectivity index (χ3n) is 3.65. The van der Waals surface area contributed by atoms with E-state index in [1.807, 2.05) is 43.3 Å². The van der Waals surface area contributed by atoms with Crippen LogP contribution in [0, 0.1) is 10.1 Å². The van der Waals surface area contributed by atoms with Gasteiger partial charge in [0.2, 0.25) is 5.95 Å². The molecule has 7 nitrogen and oxygen atoms in total. The van der Waals surface area contributed by atoms with E-state index in [0.29, 0.717) is 17.2 Å². The van der Waals surface area contributed by atoms with E-state index < -0.39 is 4.92 Å². The molecule has 0 aliphatic carbocycles. The van der Waals surface area contributed by atoms with Gasteiger partial charge in [0.15, 0.2) is 0 Å². The average Bonchev–Trinajstić information content (AvgIpc) is 2.62. The zero-order valence-electron chi connectivity index (χ0n) is 13.9. The van der Waals surface area contributed by atoms with E-state index in [1.165, 1.54) is 12.1 Å². The lowest BCUT2D eigenvalue weighted by molar-refractivity contribution is -0.384. The van der Waals surface area contributed by atoms with E-state index in [2.05, 4.69) is 15.3 Å². The second-order valence-corrected chi connectivity index (χ2v) is 5.64. The lowest BCUT2D eigenvalue weighted by atomic mass is 10.1. The Morgan fingerprint density at radius 1 is 1.08 bits per heavy atom. The zero-order valence-corrected chi connectivity index (χ0v) is 13.9. The summed E-state index contributed by atoms with van der Waals surface area (Å²) in [6, 6.07) is 16.0. The molecule has 25 heavy (non-hydrogen) atoms. The summed E-state index contributed by atoms with van der Waals surface area (Å²) < 4.78 is 0. The predicted octanol–water partition coefficient (Wildman–Crippen LogP) is 3.86. The molecule has 7 heteroatoms. The highest BCUT2D eigenvalue weighted by atomic mass is 16.6. The topological polar surface area (TPSA) is 84.2 Å². The molecular formula is C18H17N5O2. The SMILES string of the molecule is CN(C)c1ccc(Nc2nccc(-c3cccc([N+](=O)[O-])c3)n2)cc1. The summed E-state index contributed by atoms with van der Waals surface area (Å²) in [5, 5.41) is 14.1.